The summed E-state index contributed by atoms with van der Waals surface area (Å²) in [5.41, 5.74) is 0.298. The van der Waals surface area contributed by atoms with E-state index in [0.29, 0.717) is 43.1 Å². The zero-order chi connectivity index (χ0) is 17.2. The first kappa shape index (κ1) is 15.6. The lowest BCUT2D eigenvalue weighted by molar-refractivity contribution is 0.0674. The van der Waals surface area contributed by atoms with Crippen LogP contribution in [0.3, 0.4) is 0 Å². The summed E-state index contributed by atoms with van der Waals surface area (Å²) in [7, 11) is 0. The number of rotatable bonds is 3. The van der Waals surface area contributed by atoms with Gasteiger partial charge in [0, 0.05) is 19.0 Å². The number of carbonyl (C=O) groups excluding carboxylic acids is 1. The number of benzene rings is 1. The van der Waals surface area contributed by atoms with Crippen LogP contribution in [-0.2, 0) is 0 Å². The molecule has 0 bridgehead atoms. The van der Waals surface area contributed by atoms with E-state index in [1.54, 1.807) is 35.2 Å². The summed E-state index contributed by atoms with van der Waals surface area (Å²) in [5.74, 6) is 0.579. The average Bonchev–Trinajstić information content (AvgIpc) is 3.34. The summed E-state index contributed by atoms with van der Waals surface area (Å²) < 4.78 is 24.7. The van der Waals surface area contributed by atoms with E-state index in [1.807, 2.05) is 0 Å². The van der Waals surface area contributed by atoms with Crippen molar-refractivity contribution in [3.8, 4) is 11.5 Å². The SMILES string of the molecule is O=C(c1ccco1)N1CCC(c2nnc(-c3ccccc3F)o2)CC1. The lowest BCUT2D eigenvalue weighted by Gasteiger charge is -2.29. The molecule has 6 nitrogen and oxygen atoms in total. The number of amides is 1. The second-order valence-corrected chi connectivity index (χ2v) is 5.97. The van der Waals surface area contributed by atoms with Crippen LogP contribution in [0.15, 0.2) is 51.5 Å². The molecule has 2 aromatic heterocycles. The van der Waals surface area contributed by atoms with Crippen molar-refractivity contribution in [3.63, 3.8) is 0 Å². The summed E-state index contributed by atoms with van der Waals surface area (Å²) in [6.07, 6.45) is 2.92. The van der Waals surface area contributed by atoms with Crippen molar-refractivity contribution < 1.29 is 18.0 Å². The minimum absolute atomic E-state index is 0.0636. The molecule has 4 rings (SSSR count). The third kappa shape index (κ3) is 3.05. The van der Waals surface area contributed by atoms with Crippen LogP contribution in [0.4, 0.5) is 4.39 Å². The van der Waals surface area contributed by atoms with Crippen molar-refractivity contribution in [1.29, 1.82) is 0 Å². The van der Waals surface area contributed by atoms with Crippen LogP contribution in [0.2, 0.25) is 0 Å². The third-order valence-electron chi connectivity index (χ3n) is 4.41. The van der Waals surface area contributed by atoms with Crippen molar-refractivity contribution in [3.05, 3.63) is 60.1 Å². The fourth-order valence-electron chi connectivity index (χ4n) is 3.03. The van der Waals surface area contributed by atoms with Gasteiger partial charge in [0.1, 0.15) is 5.82 Å². The van der Waals surface area contributed by atoms with Crippen LogP contribution in [-0.4, -0.2) is 34.1 Å². The van der Waals surface area contributed by atoms with Gasteiger partial charge in [0.05, 0.1) is 11.8 Å². The average molecular weight is 341 g/mol. The standard InChI is InChI=1S/C18H16FN3O3/c19-14-5-2-1-4-13(14)17-21-20-16(25-17)12-7-9-22(10-8-12)18(23)15-6-3-11-24-15/h1-6,11-12H,7-10H2. The maximum atomic E-state index is 13.8. The lowest BCUT2D eigenvalue weighted by Crippen LogP contribution is -2.37. The maximum absolute atomic E-state index is 13.8. The van der Waals surface area contributed by atoms with E-state index in [-0.39, 0.29) is 17.7 Å². The van der Waals surface area contributed by atoms with Gasteiger partial charge in [0.25, 0.3) is 11.8 Å². The van der Waals surface area contributed by atoms with Gasteiger partial charge in [-0.3, -0.25) is 4.79 Å². The normalized spacial score (nSPS) is 15.5. The smallest absolute Gasteiger partial charge is 0.289 e. The van der Waals surface area contributed by atoms with Crippen molar-refractivity contribution in [2.24, 2.45) is 0 Å². The number of aromatic nitrogens is 2. The molecule has 0 atom stereocenters. The Bertz CT molecular complexity index is 867. The minimum atomic E-state index is -0.392. The van der Waals surface area contributed by atoms with Crippen LogP contribution in [0.5, 0.6) is 0 Å². The van der Waals surface area contributed by atoms with E-state index in [4.69, 9.17) is 8.83 Å². The Balaban J connectivity index is 1.43. The van der Waals surface area contributed by atoms with Gasteiger partial charge in [-0.1, -0.05) is 12.1 Å². The molecule has 0 N–H and O–H groups in total. The molecule has 7 heteroatoms. The first-order chi connectivity index (χ1) is 12.2. The first-order valence-corrected chi connectivity index (χ1v) is 8.13. The van der Waals surface area contributed by atoms with Crippen molar-refractivity contribution in [2.45, 2.75) is 18.8 Å². The van der Waals surface area contributed by atoms with Crippen LogP contribution < -0.4 is 0 Å². The molecule has 1 aliphatic rings. The zero-order valence-electron chi connectivity index (χ0n) is 13.4. The highest BCUT2D eigenvalue weighted by molar-refractivity contribution is 5.91. The Morgan fingerprint density at radius 3 is 2.64 bits per heavy atom. The molecule has 0 unspecified atom stereocenters. The summed E-state index contributed by atoms with van der Waals surface area (Å²) >= 11 is 0. The van der Waals surface area contributed by atoms with Crippen LogP contribution >= 0.6 is 0 Å². The van der Waals surface area contributed by atoms with Crippen LogP contribution in [0, 0.1) is 5.82 Å². The van der Waals surface area contributed by atoms with E-state index >= 15 is 0 Å². The maximum Gasteiger partial charge on any atom is 0.289 e. The number of nitrogens with zero attached hydrogens (tertiary/aromatic N) is 3. The minimum Gasteiger partial charge on any atom is -0.459 e. The molecule has 0 saturated carbocycles. The largest absolute Gasteiger partial charge is 0.459 e. The second kappa shape index (κ2) is 6.51. The number of piperidine rings is 1. The molecule has 0 spiro atoms. The molecule has 1 amide bonds. The molecule has 3 heterocycles. The van der Waals surface area contributed by atoms with Gasteiger partial charge < -0.3 is 13.7 Å². The van der Waals surface area contributed by atoms with Gasteiger partial charge in [-0.15, -0.1) is 10.2 Å². The van der Waals surface area contributed by atoms with E-state index < -0.39 is 5.82 Å². The molecular formula is C18H16FN3O3. The molecule has 1 aliphatic heterocycles. The van der Waals surface area contributed by atoms with Gasteiger partial charge in [-0.2, -0.15) is 0 Å². The van der Waals surface area contributed by atoms with E-state index in [0.717, 1.165) is 0 Å². The number of hydrogen-bond acceptors (Lipinski definition) is 5. The predicted octanol–water partition coefficient (Wildman–Crippen LogP) is 3.49. The number of carbonyl (C=O) groups is 1. The number of hydrogen-bond donors (Lipinski definition) is 0. The topological polar surface area (TPSA) is 72.4 Å². The van der Waals surface area contributed by atoms with Crippen molar-refractivity contribution in [2.75, 3.05) is 13.1 Å². The molecule has 1 fully saturated rings. The quantitative estimate of drug-likeness (QED) is 0.729. The Morgan fingerprint density at radius 2 is 1.92 bits per heavy atom. The van der Waals surface area contributed by atoms with E-state index in [9.17, 15) is 9.18 Å². The highest BCUT2D eigenvalue weighted by Gasteiger charge is 2.29. The van der Waals surface area contributed by atoms with E-state index in [1.165, 1.54) is 12.3 Å². The van der Waals surface area contributed by atoms with Gasteiger partial charge in [0.2, 0.25) is 5.89 Å². The Morgan fingerprint density at radius 1 is 1.12 bits per heavy atom. The Labute approximate surface area is 143 Å². The summed E-state index contributed by atoms with van der Waals surface area (Å²) in [5, 5.41) is 8.04. The van der Waals surface area contributed by atoms with Crippen LogP contribution in [0.1, 0.15) is 35.2 Å². The number of furan rings is 1. The van der Waals surface area contributed by atoms with Gasteiger partial charge in [-0.25, -0.2) is 4.39 Å². The molecule has 1 aromatic carbocycles. The summed E-state index contributed by atoms with van der Waals surface area (Å²) in [6, 6.07) is 9.66. The zero-order valence-corrected chi connectivity index (χ0v) is 13.4. The fraction of sp³-hybridized carbons (Fsp3) is 0.278. The molecule has 1 saturated heterocycles. The molecule has 128 valence electrons. The Hall–Kier alpha value is -2.96. The third-order valence-corrected chi connectivity index (χ3v) is 4.41. The molecule has 0 aliphatic carbocycles. The molecule has 25 heavy (non-hydrogen) atoms. The second-order valence-electron chi connectivity index (χ2n) is 5.97. The lowest BCUT2D eigenvalue weighted by atomic mass is 9.96. The Kier molecular flexibility index (Phi) is 4.05. The highest BCUT2D eigenvalue weighted by atomic mass is 19.1. The predicted molar refractivity (Wildman–Crippen MR) is 86.3 cm³/mol. The van der Waals surface area contributed by atoms with Crippen molar-refractivity contribution in [1.82, 2.24) is 15.1 Å². The van der Waals surface area contributed by atoms with Crippen LogP contribution in [0.25, 0.3) is 11.5 Å². The number of halogens is 1. The first-order valence-electron chi connectivity index (χ1n) is 8.13. The molecule has 0 radical (unpaired) electrons. The molecule has 3 aromatic rings. The highest BCUT2D eigenvalue weighted by Crippen LogP contribution is 2.30. The molecular weight excluding hydrogens is 325 g/mol. The number of likely N-dealkylation sites (tertiary alicyclic amines) is 1. The fourth-order valence-corrected chi connectivity index (χ4v) is 3.03. The summed E-state index contributed by atoms with van der Waals surface area (Å²) in [4.78, 5) is 14.0. The van der Waals surface area contributed by atoms with Crippen molar-refractivity contribution >= 4 is 5.91 Å². The van der Waals surface area contributed by atoms with Gasteiger partial charge >= 0.3 is 0 Å². The van der Waals surface area contributed by atoms with Gasteiger partial charge in [-0.05, 0) is 37.1 Å². The van der Waals surface area contributed by atoms with E-state index in [2.05, 4.69) is 10.2 Å². The van der Waals surface area contributed by atoms with Gasteiger partial charge in [0.15, 0.2) is 5.76 Å². The summed E-state index contributed by atoms with van der Waals surface area (Å²) in [6.45, 7) is 1.17. The monoisotopic (exact) mass is 341 g/mol.